The summed E-state index contributed by atoms with van der Waals surface area (Å²) in [5.74, 6) is 1.06. The van der Waals surface area contributed by atoms with Crippen LogP contribution in [0.5, 0.6) is 0 Å². The van der Waals surface area contributed by atoms with Gasteiger partial charge in [0.25, 0.3) is 0 Å². The number of hydrogen-bond donors (Lipinski definition) is 1. The Morgan fingerprint density at radius 2 is 1.67 bits per heavy atom. The Morgan fingerprint density at radius 3 is 2.33 bits per heavy atom. The van der Waals surface area contributed by atoms with Crippen molar-refractivity contribution < 1.29 is 9.90 Å². The van der Waals surface area contributed by atoms with Gasteiger partial charge in [-0.05, 0) is 31.1 Å². The molecule has 0 aliphatic heterocycles. The molecule has 1 fully saturated rings. The van der Waals surface area contributed by atoms with E-state index in [0.717, 1.165) is 18.3 Å². The lowest BCUT2D eigenvalue weighted by Crippen LogP contribution is -2.07. The standard InChI is InChI=1S/C22H38O2/c1-3-5-6-7-8-10-15-20-17-13-18-21(20)16-12-9-11-14-19(4-2)22(23)24/h9,11,14,20-21H,3-8,10,12-13,15-18H2,1-2H3,(H,23,24)/t20-,21-/m0/s1. The SMILES string of the molecule is CCCCCCCC[C@H]1CCC[C@@H]1CCC=CC=C(CC)C(=O)O. The molecule has 24 heavy (non-hydrogen) atoms. The van der Waals surface area contributed by atoms with Gasteiger partial charge >= 0.3 is 5.97 Å². The van der Waals surface area contributed by atoms with Crippen molar-refractivity contribution in [2.24, 2.45) is 11.8 Å². The van der Waals surface area contributed by atoms with Crippen molar-refractivity contribution >= 4 is 5.97 Å². The van der Waals surface area contributed by atoms with Crippen LogP contribution in [0.1, 0.15) is 97.3 Å². The second-order valence-electron chi connectivity index (χ2n) is 7.36. The molecule has 0 aromatic heterocycles. The Bertz CT molecular complexity index is 395. The number of rotatable bonds is 13. The number of carboxylic acid groups (broad SMARTS) is 1. The molecule has 0 aromatic rings. The van der Waals surface area contributed by atoms with Crippen LogP contribution in [0, 0.1) is 11.8 Å². The highest BCUT2D eigenvalue weighted by Crippen LogP contribution is 2.38. The van der Waals surface area contributed by atoms with E-state index in [9.17, 15) is 4.79 Å². The summed E-state index contributed by atoms with van der Waals surface area (Å²) in [6.45, 7) is 4.16. The quantitative estimate of drug-likeness (QED) is 0.226. The highest BCUT2D eigenvalue weighted by atomic mass is 16.4. The molecule has 2 heteroatoms. The zero-order chi connectivity index (χ0) is 17.6. The van der Waals surface area contributed by atoms with Gasteiger partial charge in [0.1, 0.15) is 0 Å². The van der Waals surface area contributed by atoms with Gasteiger partial charge in [0.05, 0.1) is 0 Å². The van der Waals surface area contributed by atoms with Crippen molar-refractivity contribution in [2.45, 2.75) is 97.3 Å². The second-order valence-corrected chi connectivity index (χ2v) is 7.36. The van der Waals surface area contributed by atoms with E-state index < -0.39 is 5.97 Å². The predicted molar refractivity (Wildman–Crippen MR) is 103 cm³/mol. The van der Waals surface area contributed by atoms with Crippen molar-refractivity contribution in [1.29, 1.82) is 0 Å². The third kappa shape index (κ3) is 8.70. The van der Waals surface area contributed by atoms with Crippen molar-refractivity contribution in [3.63, 3.8) is 0 Å². The van der Waals surface area contributed by atoms with E-state index in [2.05, 4.69) is 13.0 Å². The van der Waals surface area contributed by atoms with E-state index in [1.165, 1.54) is 70.6 Å². The fourth-order valence-corrected chi connectivity index (χ4v) is 3.99. The fraction of sp³-hybridized carbons (Fsp3) is 0.773. The van der Waals surface area contributed by atoms with Crippen LogP contribution in [0.15, 0.2) is 23.8 Å². The van der Waals surface area contributed by atoms with Crippen LogP contribution in [-0.2, 0) is 4.79 Å². The summed E-state index contributed by atoms with van der Waals surface area (Å²) in [6.07, 6.45) is 22.9. The second kappa shape index (κ2) is 13.3. The maximum atomic E-state index is 10.9. The molecule has 0 bridgehead atoms. The minimum atomic E-state index is -0.794. The normalized spacial score (nSPS) is 21.7. The molecule has 2 nitrogen and oxygen atoms in total. The molecular formula is C22H38O2. The van der Waals surface area contributed by atoms with Gasteiger partial charge in [0.2, 0.25) is 0 Å². The van der Waals surface area contributed by atoms with Gasteiger partial charge in [0, 0.05) is 5.57 Å². The van der Waals surface area contributed by atoms with Crippen molar-refractivity contribution in [3.05, 3.63) is 23.8 Å². The Labute approximate surface area is 149 Å². The van der Waals surface area contributed by atoms with Gasteiger partial charge in [-0.25, -0.2) is 4.79 Å². The average Bonchev–Trinajstić information content (AvgIpc) is 3.01. The van der Waals surface area contributed by atoms with Crippen LogP contribution < -0.4 is 0 Å². The highest BCUT2D eigenvalue weighted by Gasteiger charge is 2.25. The molecule has 1 N–H and O–H groups in total. The zero-order valence-electron chi connectivity index (χ0n) is 15.9. The van der Waals surface area contributed by atoms with E-state index in [1.54, 1.807) is 6.08 Å². The van der Waals surface area contributed by atoms with Crippen LogP contribution in [-0.4, -0.2) is 11.1 Å². The lowest BCUT2D eigenvalue weighted by molar-refractivity contribution is -0.132. The summed E-state index contributed by atoms with van der Waals surface area (Å²) >= 11 is 0. The summed E-state index contributed by atoms with van der Waals surface area (Å²) < 4.78 is 0. The first-order valence-electron chi connectivity index (χ1n) is 10.3. The summed E-state index contributed by atoms with van der Waals surface area (Å²) in [5.41, 5.74) is 0.494. The van der Waals surface area contributed by atoms with Gasteiger partial charge in [-0.1, -0.05) is 96.3 Å². The first-order chi connectivity index (χ1) is 11.7. The van der Waals surface area contributed by atoms with Crippen LogP contribution in [0.4, 0.5) is 0 Å². The zero-order valence-corrected chi connectivity index (χ0v) is 15.9. The summed E-state index contributed by atoms with van der Waals surface area (Å²) in [7, 11) is 0. The molecule has 2 atom stereocenters. The number of aliphatic carboxylic acids is 1. The van der Waals surface area contributed by atoms with Crippen molar-refractivity contribution in [1.82, 2.24) is 0 Å². The van der Waals surface area contributed by atoms with Crippen molar-refractivity contribution in [2.75, 3.05) is 0 Å². The molecular weight excluding hydrogens is 296 g/mol. The monoisotopic (exact) mass is 334 g/mol. The van der Waals surface area contributed by atoms with Gasteiger partial charge < -0.3 is 5.11 Å². The minimum absolute atomic E-state index is 0.494. The van der Waals surface area contributed by atoms with Gasteiger partial charge in [-0.15, -0.1) is 0 Å². The summed E-state index contributed by atoms with van der Waals surface area (Å²) in [5, 5.41) is 8.99. The highest BCUT2D eigenvalue weighted by molar-refractivity contribution is 5.86. The number of hydrogen-bond acceptors (Lipinski definition) is 1. The molecule has 1 rings (SSSR count). The molecule has 0 spiro atoms. The summed E-state index contributed by atoms with van der Waals surface area (Å²) in [4.78, 5) is 10.9. The lowest BCUT2D eigenvalue weighted by atomic mass is 9.87. The third-order valence-electron chi connectivity index (χ3n) is 5.54. The Morgan fingerprint density at radius 1 is 1.00 bits per heavy atom. The van der Waals surface area contributed by atoms with E-state index >= 15 is 0 Å². The third-order valence-corrected chi connectivity index (χ3v) is 5.54. The number of carboxylic acids is 1. The first-order valence-corrected chi connectivity index (χ1v) is 10.3. The largest absolute Gasteiger partial charge is 0.478 e. The lowest BCUT2D eigenvalue weighted by Gasteiger charge is -2.18. The fourth-order valence-electron chi connectivity index (χ4n) is 3.99. The Kier molecular flexibility index (Phi) is 11.6. The molecule has 0 aromatic carbocycles. The summed E-state index contributed by atoms with van der Waals surface area (Å²) in [6, 6.07) is 0. The predicted octanol–water partition coefficient (Wildman–Crippen LogP) is 6.91. The van der Waals surface area contributed by atoms with E-state index in [0.29, 0.717) is 12.0 Å². The molecule has 1 aliphatic carbocycles. The van der Waals surface area contributed by atoms with E-state index in [-0.39, 0.29) is 0 Å². The minimum Gasteiger partial charge on any atom is -0.478 e. The van der Waals surface area contributed by atoms with E-state index in [1.807, 2.05) is 13.0 Å². The van der Waals surface area contributed by atoms with Crippen LogP contribution in [0.3, 0.4) is 0 Å². The van der Waals surface area contributed by atoms with Crippen LogP contribution >= 0.6 is 0 Å². The van der Waals surface area contributed by atoms with Gasteiger partial charge in [-0.2, -0.15) is 0 Å². The molecule has 0 heterocycles. The Hall–Kier alpha value is -1.05. The molecule has 0 amide bonds. The number of carbonyl (C=O) groups is 1. The molecule has 0 saturated heterocycles. The molecule has 1 saturated carbocycles. The van der Waals surface area contributed by atoms with Gasteiger partial charge in [-0.3, -0.25) is 0 Å². The van der Waals surface area contributed by atoms with Crippen molar-refractivity contribution in [3.8, 4) is 0 Å². The smallest absolute Gasteiger partial charge is 0.331 e. The Balaban J connectivity index is 2.20. The van der Waals surface area contributed by atoms with E-state index in [4.69, 9.17) is 5.11 Å². The van der Waals surface area contributed by atoms with Crippen LogP contribution in [0.25, 0.3) is 0 Å². The topological polar surface area (TPSA) is 37.3 Å². The average molecular weight is 335 g/mol. The maximum Gasteiger partial charge on any atom is 0.331 e. The number of unbranched alkanes of at least 4 members (excludes halogenated alkanes) is 5. The first kappa shape index (κ1) is 21.0. The van der Waals surface area contributed by atoms with Gasteiger partial charge in [0.15, 0.2) is 0 Å². The molecule has 138 valence electrons. The molecule has 1 aliphatic rings. The molecule has 0 unspecified atom stereocenters. The molecule has 0 radical (unpaired) electrons. The maximum absolute atomic E-state index is 10.9. The van der Waals surface area contributed by atoms with Crippen LogP contribution in [0.2, 0.25) is 0 Å². The number of allylic oxidation sites excluding steroid dienone is 3.